The van der Waals surface area contributed by atoms with Crippen LogP contribution in [0.4, 0.5) is 46.9 Å². The van der Waals surface area contributed by atoms with Crippen molar-refractivity contribution in [3.8, 4) is 0 Å². The zero-order valence-electron chi connectivity index (χ0n) is 19.1. The Kier molecular flexibility index (Phi) is 8.93. The number of hydrogen-bond acceptors (Lipinski definition) is 3. The Morgan fingerprint density at radius 2 is 1.32 bits per heavy atom. The van der Waals surface area contributed by atoms with Gasteiger partial charge in [-0.3, -0.25) is 10.1 Å². The van der Waals surface area contributed by atoms with Crippen LogP contribution in [0.25, 0.3) is 0 Å². The van der Waals surface area contributed by atoms with Gasteiger partial charge in [-0.1, -0.05) is 53.0 Å². The number of aryl methyl sites for hydroxylation is 3. The average Bonchev–Trinajstić information content (AvgIpc) is 2.71. The first-order valence-electron chi connectivity index (χ1n) is 10.0. The largest absolute Gasteiger partial charge is 0.445 e. The number of halogens is 10. The number of benzene rings is 2. The Balaban J connectivity index is 2.35. The molecule has 0 aliphatic rings. The van der Waals surface area contributed by atoms with Gasteiger partial charge in [0.15, 0.2) is 0 Å². The normalized spacial score (nSPS) is 12.8. The number of amides is 2. The lowest BCUT2D eigenvalue weighted by atomic mass is 9.88. The molecule has 2 N–H and O–H groups in total. The first kappa shape index (κ1) is 30.8. The van der Waals surface area contributed by atoms with Crippen molar-refractivity contribution < 1.29 is 45.1 Å². The number of rotatable bonds is 5. The third kappa shape index (κ3) is 7.11. The van der Waals surface area contributed by atoms with E-state index in [2.05, 4.69) is 10.6 Å². The summed E-state index contributed by atoms with van der Waals surface area (Å²) in [6, 6.07) is 4.90. The summed E-state index contributed by atoms with van der Waals surface area (Å²) >= 11 is 16.5. The van der Waals surface area contributed by atoms with Crippen LogP contribution >= 0.6 is 34.8 Å². The van der Waals surface area contributed by atoms with E-state index in [1.165, 1.54) is 18.2 Å². The Morgan fingerprint density at radius 1 is 0.811 bits per heavy atom. The highest BCUT2D eigenvalue weighted by molar-refractivity contribution is 6.67. The number of ether oxygens (including phenoxy) is 1. The molecule has 5 nitrogen and oxygen atoms in total. The quantitative estimate of drug-likeness (QED) is 0.271. The Bertz CT molecular complexity index is 1160. The molecule has 204 valence electrons. The van der Waals surface area contributed by atoms with Crippen LogP contribution in [0.2, 0.25) is 0 Å². The molecule has 0 unspecified atom stereocenters. The van der Waals surface area contributed by atoms with Crippen molar-refractivity contribution in [3.63, 3.8) is 0 Å². The third-order valence-corrected chi connectivity index (χ3v) is 5.37. The second kappa shape index (κ2) is 10.7. The highest BCUT2D eigenvalue weighted by Crippen LogP contribution is 2.53. The summed E-state index contributed by atoms with van der Waals surface area (Å²) in [6.45, 7) is 3.16. The SMILES string of the molecule is Cc1ccc(NC(=O)OCC(Cl)(Cl)Cl)cc1NC(=O)c1c(C)cc(C(F)(C(F)(F)F)C(F)(F)F)cc1C. The van der Waals surface area contributed by atoms with E-state index in [4.69, 9.17) is 39.5 Å². The monoisotopic (exact) mass is 596 g/mol. The number of hydrogen-bond donors (Lipinski definition) is 2. The first-order valence-corrected chi connectivity index (χ1v) is 11.2. The zero-order chi connectivity index (χ0) is 28.6. The van der Waals surface area contributed by atoms with E-state index in [-0.39, 0.29) is 28.1 Å². The summed E-state index contributed by atoms with van der Waals surface area (Å²) in [6.07, 6.45) is -13.6. The van der Waals surface area contributed by atoms with Gasteiger partial charge in [-0.25, -0.2) is 9.18 Å². The van der Waals surface area contributed by atoms with E-state index in [1.807, 2.05) is 0 Å². The summed E-state index contributed by atoms with van der Waals surface area (Å²) < 4.78 is 96.2. The van der Waals surface area contributed by atoms with Crippen molar-refractivity contribution in [2.24, 2.45) is 0 Å². The average molecular weight is 598 g/mol. The third-order valence-electron chi connectivity index (χ3n) is 5.04. The van der Waals surface area contributed by atoms with Crippen LogP contribution in [0.3, 0.4) is 0 Å². The van der Waals surface area contributed by atoms with Gasteiger partial charge in [-0.15, -0.1) is 0 Å². The highest BCUT2D eigenvalue weighted by atomic mass is 35.6. The van der Waals surface area contributed by atoms with Crippen LogP contribution in [-0.2, 0) is 10.4 Å². The van der Waals surface area contributed by atoms with E-state index < -0.39 is 46.0 Å². The maximum atomic E-state index is 14.5. The molecule has 15 heteroatoms. The molecule has 2 rings (SSSR count). The van der Waals surface area contributed by atoms with Crippen molar-refractivity contribution in [2.75, 3.05) is 17.2 Å². The molecule has 0 heterocycles. The maximum Gasteiger partial charge on any atom is 0.435 e. The number of alkyl halides is 10. The van der Waals surface area contributed by atoms with Crippen molar-refractivity contribution >= 4 is 58.2 Å². The number of carbonyl (C=O) groups is 2. The van der Waals surface area contributed by atoms with E-state index in [0.717, 1.165) is 13.8 Å². The van der Waals surface area contributed by atoms with E-state index in [0.29, 0.717) is 17.7 Å². The van der Waals surface area contributed by atoms with Crippen molar-refractivity contribution in [3.05, 3.63) is 58.1 Å². The minimum atomic E-state index is -6.29. The van der Waals surface area contributed by atoms with Crippen LogP contribution in [0.1, 0.15) is 32.6 Å². The summed E-state index contributed by atoms with van der Waals surface area (Å²) in [5.74, 6) is -0.899. The van der Waals surface area contributed by atoms with Crippen LogP contribution in [0.15, 0.2) is 30.3 Å². The molecule has 0 saturated carbocycles. The molecule has 0 aliphatic heterocycles. The fourth-order valence-corrected chi connectivity index (χ4v) is 3.49. The van der Waals surface area contributed by atoms with Gasteiger partial charge >= 0.3 is 24.1 Å². The highest BCUT2D eigenvalue weighted by Gasteiger charge is 2.73. The Hall–Kier alpha value is -2.44. The smallest absolute Gasteiger partial charge is 0.435 e. The van der Waals surface area contributed by atoms with Crippen molar-refractivity contribution in [1.82, 2.24) is 0 Å². The molecule has 2 amide bonds. The summed E-state index contributed by atoms with van der Waals surface area (Å²) in [7, 11) is 0. The maximum absolute atomic E-state index is 14.5. The minimum Gasteiger partial charge on any atom is -0.445 e. The fraction of sp³-hybridized carbons (Fsp3) is 0.364. The molecule has 0 spiro atoms. The number of carbonyl (C=O) groups excluding carboxylic acids is 2. The second-order valence-corrected chi connectivity index (χ2v) is 10.5. The van der Waals surface area contributed by atoms with E-state index >= 15 is 0 Å². The molecule has 0 aromatic heterocycles. The predicted octanol–water partition coefficient (Wildman–Crippen LogP) is 8.07. The van der Waals surface area contributed by atoms with Crippen LogP contribution in [-0.4, -0.2) is 34.8 Å². The van der Waals surface area contributed by atoms with Gasteiger partial charge in [0.25, 0.3) is 5.91 Å². The van der Waals surface area contributed by atoms with Crippen molar-refractivity contribution in [1.29, 1.82) is 0 Å². The standard InChI is InChI=1S/C22H18Cl3F7N2O3/c1-10-4-5-14(33-18(36)37-9-19(23,24)25)8-15(10)34-17(35)16-11(2)6-13(7-12(16)3)20(26,21(27,28)29)22(30,31)32/h4-8H,9H2,1-3H3,(H,33,36)(H,34,35). The Morgan fingerprint density at radius 3 is 1.78 bits per heavy atom. The van der Waals surface area contributed by atoms with Gasteiger partial charge in [-0.2, -0.15) is 26.3 Å². The van der Waals surface area contributed by atoms with Gasteiger partial charge in [0.2, 0.25) is 3.79 Å². The van der Waals surface area contributed by atoms with Gasteiger partial charge in [0.1, 0.15) is 6.61 Å². The lowest BCUT2D eigenvalue weighted by Crippen LogP contribution is -2.50. The summed E-state index contributed by atoms with van der Waals surface area (Å²) in [4.78, 5) is 24.8. The molecule has 0 saturated heterocycles. The molecule has 0 radical (unpaired) electrons. The van der Waals surface area contributed by atoms with Gasteiger partial charge in [0.05, 0.1) is 0 Å². The first-order chi connectivity index (χ1) is 16.7. The molecule has 37 heavy (non-hydrogen) atoms. The van der Waals surface area contributed by atoms with E-state index in [1.54, 1.807) is 6.92 Å². The zero-order valence-corrected chi connectivity index (χ0v) is 21.4. The van der Waals surface area contributed by atoms with E-state index in [9.17, 15) is 40.3 Å². The van der Waals surface area contributed by atoms with Crippen LogP contribution in [0, 0.1) is 20.8 Å². The van der Waals surface area contributed by atoms with Gasteiger partial charge < -0.3 is 10.1 Å². The molecule has 0 atom stereocenters. The minimum absolute atomic E-state index is 0.136. The molecule has 2 aromatic carbocycles. The molecule has 0 aliphatic carbocycles. The lowest BCUT2D eigenvalue weighted by Gasteiger charge is -2.31. The molecule has 0 bridgehead atoms. The summed E-state index contributed by atoms with van der Waals surface area (Å²) in [5, 5.41) is 4.79. The van der Waals surface area contributed by atoms with Crippen LogP contribution in [0.5, 0.6) is 0 Å². The van der Waals surface area contributed by atoms with Gasteiger partial charge in [0, 0.05) is 22.5 Å². The molecular formula is C22H18Cl3F7N2O3. The molecule has 0 fully saturated rings. The topological polar surface area (TPSA) is 67.4 Å². The molecule has 2 aromatic rings. The fourth-order valence-electron chi connectivity index (χ4n) is 3.33. The lowest BCUT2D eigenvalue weighted by molar-refractivity contribution is -0.348. The molecular weight excluding hydrogens is 580 g/mol. The van der Waals surface area contributed by atoms with Crippen LogP contribution < -0.4 is 10.6 Å². The Labute approximate surface area is 221 Å². The second-order valence-electron chi connectivity index (χ2n) is 7.94. The van der Waals surface area contributed by atoms with Gasteiger partial charge in [-0.05, 0) is 49.6 Å². The predicted molar refractivity (Wildman–Crippen MR) is 125 cm³/mol. The van der Waals surface area contributed by atoms with Crippen molar-refractivity contribution in [2.45, 2.75) is 42.6 Å². The number of nitrogens with one attached hydrogen (secondary N) is 2. The summed E-state index contributed by atoms with van der Waals surface area (Å²) in [5.41, 5.74) is -7.50. The number of anilines is 2.